The Balaban J connectivity index is 2.00. The van der Waals surface area contributed by atoms with E-state index >= 15 is 4.39 Å². The standard InChI is InChI=1S/C37H40FN2/c1-10-13-15-27(11-2)28-21-24(5)33(25(6)22-28)35-26(7)39(9)36-34-30(16-14-17-31(34)37(8,38)12-3)29-19-18-23(4)20-32(29)40(35)36/h10-11,13-22H,2,12H2,1,3-9H3/q+1/b13-10-,27-15+. The molecule has 2 nitrogen and oxygen atoms in total. The van der Waals surface area contributed by atoms with E-state index in [0.29, 0.717) is 6.42 Å². The highest BCUT2D eigenvalue weighted by atomic mass is 19.1. The maximum absolute atomic E-state index is 16.2. The summed E-state index contributed by atoms with van der Waals surface area (Å²) < 4.78 is 20.8. The van der Waals surface area contributed by atoms with Crippen molar-refractivity contribution in [3.63, 3.8) is 0 Å². The average molecular weight is 532 g/mol. The molecular formula is C37H40FN2+. The first-order chi connectivity index (χ1) is 19.0. The van der Waals surface area contributed by atoms with Gasteiger partial charge < -0.3 is 0 Å². The highest BCUT2D eigenvalue weighted by Crippen LogP contribution is 2.40. The molecule has 5 aromatic rings. The van der Waals surface area contributed by atoms with Crippen LogP contribution in [0.15, 0.2) is 79.4 Å². The monoisotopic (exact) mass is 531 g/mol. The number of aryl methyl sites for hydroxylation is 4. The van der Waals surface area contributed by atoms with Crippen LogP contribution < -0.4 is 4.40 Å². The Bertz CT molecular complexity index is 1860. The van der Waals surface area contributed by atoms with Gasteiger partial charge in [0.05, 0.1) is 12.4 Å². The first kappa shape index (κ1) is 27.6. The minimum absolute atomic E-state index is 0.409. The summed E-state index contributed by atoms with van der Waals surface area (Å²) >= 11 is 0. The van der Waals surface area contributed by atoms with Crippen LogP contribution in [0, 0.1) is 27.7 Å². The summed E-state index contributed by atoms with van der Waals surface area (Å²) in [6.45, 7) is 18.4. The molecule has 0 aliphatic carbocycles. The summed E-state index contributed by atoms with van der Waals surface area (Å²) in [5.41, 5.74) is 10.8. The number of nitrogens with zero attached hydrogens (tertiary/aromatic N) is 2. The molecule has 5 rings (SSSR count). The second-order valence-corrected chi connectivity index (χ2v) is 11.3. The molecule has 3 aromatic carbocycles. The molecule has 0 amide bonds. The van der Waals surface area contributed by atoms with Crippen molar-refractivity contribution in [2.75, 3.05) is 0 Å². The van der Waals surface area contributed by atoms with Gasteiger partial charge in [-0.2, -0.15) is 4.40 Å². The van der Waals surface area contributed by atoms with Crippen LogP contribution in [-0.2, 0) is 12.7 Å². The Kier molecular flexibility index (Phi) is 7.04. The van der Waals surface area contributed by atoms with E-state index in [9.17, 15) is 0 Å². The molecule has 3 heteroatoms. The molecule has 0 radical (unpaired) electrons. The topological polar surface area (TPSA) is 9.03 Å². The van der Waals surface area contributed by atoms with Crippen LogP contribution in [0.3, 0.4) is 0 Å². The van der Waals surface area contributed by atoms with Gasteiger partial charge in [-0.05, 0) is 81.0 Å². The van der Waals surface area contributed by atoms with Crippen molar-refractivity contribution in [1.29, 1.82) is 0 Å². The highest BCUT2D eigenvalue weighted by molar-refractivity contribution is 6.11. The van der Waals surface area contributed by atoms with Crippen LogP contribution in [0.25, 0.3) is 44.2 Å². The maximum atomic E-state index is 16.2. The van der Waals surface area contributed by atoms with E-state index in [0.717, 1.165) is 55.4 Å². The first-order valence-electron chi connectivity index (χ1n) is 14.2. The van der Waals surface area contributed by atoms with Crippen molar-refractivity contribution in [2.45, 2.75) is 60.6 Å². The first-order valence-corrected chi connectivity index (χ1v) is 14.2. The lowest BCUT2D eigenvalue weighted by molar-refractivity contribution is -0.467. The Labute approximate surface area is 237 Å². The van der Waals surface area contributed by atoms with E-state index < -0.39 is 5.67 Å². The van der Waals surface area contributed by atoms with Crippen LogP contribution in [0.4, 0.5) is 4.39 Å². The zero-order valence-electron chi connectivity index (χ0n) is 25.1. The van der Waals surface area contributed by atoms with E-state index in [1.54, 1.807) is 6.92 Å². The van der Waals surface area contributed by atoms with Crippen molar-refractivity contribution in [2.24, 2.45) is 7.05 Å². The molecule has 0 saturated heterocycles. The second-order valence-electron chi connectivity index (χ2n) is 11.3. The number of alkyl halides is 1. The second kappa shape index (κ2) is 10.2. The van der Waals surface area contributed by atoms with Crippen molar-refractivity contribution in [3.05, 3.63) is 113 Å². The number of pyridine rings is 1. The molecule has 40 heavy (non-hydrogen) atoms. The SMILES string of the molecule is C=C/C(=C\C=C/C)c1cc(C)c(-c2c(C)n(C)c3c4c(C(C)(F)CC)cccc4c4ccc(C)cc4[n+]23)c(C)c1. The third kappa shape index (κ3) is 4.20. The quantitative estimate of drug-likeness (QED) is 0.117. The number of imidazole rings is 1. The molecule has 0 aliphatic heterocycles. The maximum Gasteiger partial charge on any atom is 0.295 e. The predicted octanol–water partition coefficient (Wildman–Crippen LogP) is 9.71. The number of halogens is 1. The third-order valence-electron chi connectivity index (χ3n) is 8.59. The van der Waals surface area contributed by atoms with E-state index in [1.165, 1.54) is 22.3 Å². The van der Waals surface area contributed by atoms with Gasteiger partial charge in [-0.15, -0.1) is 0 Å². The van der Waals surface area contributed by atoms with E-state index in [1.807, 2.05) is 44.2 Å². The van der Waals surface area contributed by atoms with Gasteiger partial charge in [0.1, 0.15) is 16.9 Å². The van der Waals surface area contributed by atoms with Gasteiger partial charge in [0.25, 0.3) is 5.65 Å². The minimum atomic E-state index is -1.45. The molecule has 1 unspecified atom stereocenters. The molecule has 1 atom stereocenters. The van der Waals surface area contributed by atoms with Crippen LogP contribution in [0.5, 0.6) is 0 Å². The number of aromatic nitrogens is 2. The molecule has 0 fully saturated rings. The van der Waals surface area contributed by atoms with Crippen molar-refractivity contribution >= 4 is 32.9 Å². The number of hydrogen-bond donors (Lipinski definition) is 0. The number of benzene rings is 3. The zero-order valence-corrected chi connectivity index (χ0v) is 25.1. The van der Waals surface area contributed by atoms with Gasteiger partial charge in [-0.25, -0.2) is 8.96 Å². The van der Waals surface area contributed by atoms with Gasteiger partial charge in [0.2, 0.25) is 0 Å². The zero-order chi connectivity index (χ0) is 28.9. The Morgan fingerprint density at radius 2 is 1.73 bits per heavy atom. The van der Waals surface area contributed by atoms with Gasteiger partial charge in [-0.1, -0.05) is 74.2 Å². The molecule has 0 spiro atoms. The summed E-state index contributed by atoms with van der Waals surface area (Å²) in [5, 5.41) is 3.21. The number of fused-ring (bicyclic) bond motifs is 6. The Morgan fingerprint density at radius 1 is 1.02 bits per heavy atom. The normalized spacial score (nSPS) is 14.1. The van der Waals surface area contributed by atoms with Gasteiger partial charge in [0.15, 0.2) is 5.69 Å². The number of rotatable bonds is 6. The molecule has 0 N–H and O–H groups in total. The Hall–Kier alpha value is -3.98. The molecule has 204 valence electrons. The van der Waals surface area contributed by atoms with Crippen LogP contribution in [-0.4, -0.2) is 4.57 Å². The minimum Gasteiger partial charge on any atom is -0.239 e. The van der Waals surface area contributed by atoms with Gasteiger partial charge in [-0.3, -0.25) is 0 Å². The molecule has 2 aromatic heterocycles. The fraction of sp³-hybridized carbons (Fsp3) is 0.270. The summed E-state index contributed by atoms with van der Waals surface area (Å²) in [6.07, 6.45) is 8.50. The van der Waals surface area contributed by atoms with Gasteiger partial charge >= 0.3 is 0 Å². The summed E-state index contributed by atoms with van der Waals surface area (Å²) in [6, 6.07) is 17.2. The number of hydrogen-bond acceptors (Lipinski definition) is 0. The lowest BCUT2D eigenvalue weighted by Crippen LogP contribution is -2.26. The molecule has 2 heterocycles. The molecular weight excluding hydrogens is 491 g/mol. The molecule has 0 aliphatic rings. The lowest BCUT2D eigenvalue weighted by atomic mass is 9.89. The fourth-order valence-corrected chi connectivity index (χ4v) is 6.22. The average Bonchev–Trinajstić information content (AvgIpc) is 3.18. The van der Waals surface area contributed by atoms with Crippen LogP contribution in [0.1, 0.15) is 60.7 Å². The van der Waals surface area contributed by atoms with Crippen molar-refractivity contribution in [3.8, 4) is 11.3 Å². The summed E-state index contributed by atoms with van der Waals surface area (Å²) in [5.74, 6) is 0. The summed E-state index contributed by atoms with van der Waals surface area (Å²) in [7, 11) is 2.11. The van der Waals surface area contributed by atoms with E-state index in [2.05, 4.69) is 92.8 Å². The van der Waals surface area contributed by atoms with Gasteiger partial charge in [0, 0.05) is 28.8 Å². The van der Waals surface area contributed by atoms with Crippen LogP contribution in [0.2, 0.25) is 0 Å². The van der Waals surface area contributed by atoms with E-state index in [-0.39, 0.29) is 0 Å². The number of allylic oxidation sites excluding steroid dienone is 5. The lowest BCUT2D eigenvalue weighted by Gasteiger charge is -2.21. The van der Waals surface area contributed by atoms with Crippen molar-refractivity contribution < 1.29 is 8.79 Å². The van der Waals surface area contributed by atoms with Crippen LogP contribution >= 0.6 is 0 Å². The third-order valence-corrected chi connectivity index (χ3v) is 8.59. The van der Waals surface area contributed by atoms with Crippen molar-refractivity contribution in [1.82, 2.24) is 4.57 Å². The van der Waals surface area contributed by atoms with E-state index in [4.69, 9.17) is 0 Å². The molecule has 0 bridgehead atoms. The summed E-state index contributed by atoms with van der Waals surface area (Å²) in [4.78, 5) is 0. The Morgan fingerprint density at radius 3 is 2.35 bits per heavy atom. The smallest absolute Gasteiger partial charge is 0.239 e. The highest BCUT2D eigenvalue weighted by Gasteiger charge is 2.34. The largest absolute Gasteiger partial charge is 0.295 e. The predicted molar refractivity (Wildman–Crippen MR) is 170 cm³/mol. The molecule has 0 saturated carbocycles. The fourth-order valence-electron chi connectivity index (χ4n) is 6.22.